The van der Waals surface area contributed by atoms with E-state index in [2.05, 4.69) is 4.18 Å². The maximum atomic E-state index is 13.1. The minimum Gasteiger partial charge on any atom is -0.489 e. The normalized spacial score (nSPS) is 12.2. The molecule has 0 amide bonds. The number of hydrogen-bond acceptors (Lipinski definition) is 6. The Morgan fingerprint density at radius 1 is 1.09 bits per heavy atom. The molecular weight excluding hydrogens is 479 g/mol. The van der Waals surface area contributed by atoms with Crippen LogP contribution in [0.1, 0.15) is 29.9 Å². The number of pyridine rings is 1. The predicted molar refractivity (Wildman–Crippen MR) is 116 cm³/mol. The minimum atomic E-state index is -6.24. The minimum absolute atomic E-state index is 0.0551. The summed E-state index contributed by atoms with van der Waals surface area (Å²) in [5.41, 5.74) is -6.90. The van der Waals surface area contributed by atoms with Crippen LogP contribution in [0.15, 0.2) is 53.3 Å². The Bertz CT molecular complexity index is 1380. The predicted octanol–water partition coefficient (Wildman–Crippen LogP) is 4.16. The number of nitrogens with zero attached hydrogens (tertiary/aromatic N) is 1. The standard InChI is InChI=1S/C22H20F3NO7S/c1-13(2)11-26-18(21(28)29)19(33-34(30,31)22(23,24)25)17-10-15(8-9-16(17)20(26)27)32-12-14-6-4-3-5-7-14/h3-10,13H,11-12H2,1-2H3,(H,28,29). The summed E-state index contributed by atoms with van der Waals surface area (Å²) in [6.45, 7) is 3.15. The Balaban J connectivity index is 2.26. The lowest BCUT2D eigenvalue weighted by Crippen LogP contribution is -2.32. The first kappa shape index (κ1) is 25.1. The lowest BCUT2D eigenvalue weighted by Gasteiger charge is -2.19. The summed E-state index contributed by atoms with van der Waals surface area (Å²) in [6.07, 6.45) is 0. The van der Waals surface area contributed by atoms with Crippen molar-refractivity contribution in [1.29, 1.82) is 0 Å². The van der Waals surface area contributed by atoms with Crippen molar-refractivity contribution in [2.75, 3.05) is 0 Å². The van der Waals surface area contributed by atoms with E-state index in [1.807, 2.05) is 0 Å². The Morgan fingerprint density at radius 2 is 1.74 bits per heavy atom. The number of ether oxygens (including phenoxy) is 1. The van der Waals surface area contributed by atoms with E-state index in [0.717, 1.165) is 11.6 Å². The molecule has 3 rings (SSSR count). The highest BCUT2D eigenvalue weighted by Gasteiger charge is 2.49. The van der Waals surface area contributed by atoms with Gasteiger partial charge in [-0.15, -0.1) is 0 Å². The van der Waals surface area contributed by atoms with Gasteiger partial charge in [-0.1, -0.05) is 44.2 Å². The van der Waals surface area contributed by atoms with Crippen molar-refractivity contribution in [3.05, 3.63) is 70.1 Å². The van der Waals surface area contributed by atoms with Crippen LogP contribution in [0, 0.1) is 5.92 Å². The molecule has 0 aliphatic rings. The highest BCUT2D eigenvalue weighted by molar-refractivity contribution is 7.88. The van der Waals surface area contributed by atoms with Gasteiger partial charge < -0.3 is 14.0 Å². The summed E-state index contributed by atoms with van der Waals surface area (Å²) < 4.78 is 73.4. The average molecular weight is 499 g/mol. The van der Waals surface area contributed by atoms with Crippen LogP contribution in [-0.2, 0) is 23.3 Å². The van der Waals surface area contributed by atoms with Gasteiger partial charge in [-0.25, -0.2) is 4.79 Å². The summed E-state index contributed by atoms with van der Waals surface area (Å²) in [5.74, 6) is -3.19. The third-order valence-electron chi connectivity index (χ3n) is 4.67. The number of carbonyl (C=O) groups is 1. The zero-order chi connectivity index (χ0) is 25.3. The first-order valence-electron chi connectivity index (χ1n) is 9.93. The summed E-state index contributed by atoms with van der Waals surface area (Å²) >= 11 is 0. The zero-order valence-electron chi connectivity index (χ0n) is 18.0. The van der Waals surface area contributed by atoms with Crippen LogP contribution in [0.5, 0.6) is 11.5 Å². The van der Waals surface area contributed by atoms with E-state index in [-0.39, 0.29) is 30.2 Å². The van der Waals surface area contributed by atoms with Crippen LogP contribution in [0.2, 0.25) is 0 Å². The highest BCUT2D eigenvalue weighted by Crippen LogP contribution is 2.35. The van der Waals surface area contributed by atoms with E-state index in [0.29, 0.717) is 4.57 Å². The molecule has 0 unspecified atom stereocenters. The number of hydrogen-bond donors (Lipinski definition) is 1. The Hall–Kier alpha value is -3.54. The maximum absolute atomic E-state index is 13.1. The molecule has 0 bridgehead atoms. The van der Waals surface area contributed by atoms with Crippen LogP contribution in [0.25, 0.3) is 10.8 Å². The van der Waals surface area contributed by atoms with Gasteiger partial charge >= 0.3 is 21.6 Å². The van der Waals surface area contributed by atoms with Gasteiger partial charge in [-0.3, -0.25) is 9.36 Å². The Morgan fingerprint density at radius 3 is 2.29 bits per heavy atom. The van der Waals surface area contributed by atoms with Crippen molar-refractivity contribution in [2.24, 2.45) is 5.92 Å². The molecule has 1 heterocycles. The molecule has 3 aromatic rings. The van der Waals surface area contributed by atoms with Crippen molar-refractivity contribution in [3.63, 3.8) is 0 Å². The van der Waals surface area contributed by atoms with Crippen molar-refractivity contribution < 1.29 is 40.4 Å². The third-order valence-corrected chi connectivity index (χ3v) is 5.62. The summed E-state index contributed by atoms with van der Waals surface area (Å²) in [5, 5.41) is 9.04. The number of carboxylic acid groups (broad SMARTS) is 1. The topological polar surface area (TPSA) is 112 Å². The molecule has 0 fully saturated rings. The molecule has 0 aliphatic heterocycles. The molecule has 34 heavy (non-hydrogen) atoms. The van der Waals surface area contributed by atoms with Gasteiger partial charge in [0.05, 0.1) is 5.39 Å². The van der Waals surface area contributed by atoms with E-state index in [4.69, 9.17) is 4.74 Å². The third kappa shape index (κ3) is 5.16. The van der Waals surface area contributed by atoms with E-state index < -0.39 is 44.0 Å². The fraction of sp³-hybridized carbons (Fsp3) is 0.273. The second-order valence-electron chi connectivity index (χ2n) is 7.76. The number of rotatable bonds is 8. The van der Waals surface area contributed by atoms with Gasteiger partial charge in [0.1, 0.15) is 12.4 Å². The molecule has 8 nitrogen and oxygen atoms in total. The summed E-state index contributed by atoms with van der Waals surface area (Å²) in [4.78, 5) is 25.0. The summed E-state index contributed by atoms with van der Waals surface area (Å²) in [6, 6.07) is 12.5. The number of alkyl halides is 3. The van der Waals surface area contributed by atoms with E-state index in [1.165, 1.54) is 12.1 Å². The van der Waals surface area contributed by atoms with Crippen molar-refractivity contribution in [3.8, 4) is 11.5 Å². The number of halogens is 3. The second-order valence-corrected chi connectivity index (χ2v) is 9.30. The molecule has 182 valence electrons. The van der Waals surface area contributed by atoms with Gasteiger partial charge in [0.15, 0.2) is 11.4 Å². The smallest absolute Gasteiger partial charge is 0.489 e. The molecule has 2 aromatic carbocycles. The fourth-order valence-corrected chi connectivity index (χ4v) is 3.70. The molecule has 0 atom stereocenters. The van der Waals surface area contributed by atoms with Crippen LogP contribution in [0.4, 0.5) is 13.2 Å². The molecule has 1 N–H and O–H groups in total. The molecule has 0 radical (unpaired) electrons. The Kier molecular flexibility index (Phi) is 6.92. The van der Waals surface area contributed by atoms with Crippen molar-refractivity contribution in [1.82, 2.24) is 4.57 Å². The van der Waals surface area contributed by atoms with Crippen molar-refractivity contribution >= 4 is 26.9 Å². The molecule has 12 heteroatoms. The largest absolute Gasteiger partial charge is 0.534 e. The number of fused-ring (bicyclic) bond motifs is 1. The maximum Gasteiger partial charge on any atom is 0.534 e. The lowest BCUT2D eigenvalue weighted by molar-refractivity contribution is -0.0500. The number of benzene rings is 2. The average Bonchev–Trinajstić information content (AvgIpc) is 2.74. The van der Waals surface area contributed by atoms with Gasteiger partial charge in [0, 0.05) is 11.9 Å². The van der Waals surface area contributed by atoms with E-state index >= 15 is 0 Å². The molecule has 0 saturated carbocycles. The molecule has 0 saturated heterocycles. The molecule has 0 aliphatic carbocycles. The van der Waals surface area contributed by atoms with Crippen molar-refractivity contribution in [2.45, 2.75) is 32.5 Å². The first-order valence-corrected chi connectivity index (χ1v) is 11.3. The lowest BCUT2D eigenvalue weighted by atomic mass is 10.1. The zero-order valence-corrected chi connectivity index (χ0v) is 18.8. The monoisotopic (exact) mass is 499 g/mol. The number of carboxylic acids is 1. The molecule has 1 aromatic heterocycles. The Labute approximate surface area is 192 Å². The quantitative estimate of drug-likeness (QED) is 0.366. The van der Waals surface area contributed by atoms with Crippen LogP contribution in [-0.4, -0.2) is 29.6 Å². The van der Waals surface area contributed by atoms with Gasteiger partial charge in [0.25, 0.3) is 5.56 Å². The number of aromatic nitrogens is 1. The van der Waals surface area contributed by atoms with Gasteiger partial charge in [-0.05, 0) is 29.7 Å². The van der Waals surface area contributed by atoms with Gasteiger partial charge in [-0.2, -0.15) is 21.6 Å². The van der Waals surface area contributed by atoms with Crippen LogP contribution >= 0.6 is 0 Å². The molecular formula is C22H20F3NO7S. The van der Waals surface area contributed by atoms with E-state index in [9.17, 15) is 36.3 Å². The number of aromatic carboxylic acids is 1. The van der Waals surface area contributed by atoms with E-state index in [1.54, 1.807) is 44.2 Å². The summed E-state index contributed by atoms with van der Waals surface area (Å²) in [7, 11) is -6.24. The first-order chi connectivity index (χ1) is 15.8. The second kappa shape index (κ2) is 9.37. The highest BCUT2D eigenvalue weighted by atomic mass is 32.2. The van der Waals surface area contributed by atoms with Gasteiger partial charge in [0.2, 0.25) is 0 Å². The fourth-order valence-electron chi connectivity index (χ4n) is 3.22. The SMILES string of the molecule is CC(C)Cn1c(C(=O)O)c(OS(=O)(=O)C(F)(F)F)c2cc(OCc3ccccc3)ccc2c1=O. The molecule has 0 spiro atoms. The van der Waals surface area contributed by atoms with Crippen LogP contribution in [0.3, 0.4) is 0 Å². The van der Waals surface area contributed by atoms with Crippen LogP contribution < -0.4 is 14.5 Å².